The minimum atomic E-state index is 0.718. The Morgan fingerprint density at radius 2 is 2.38 bits per heavy atom. The van der Waals surface area contributed by atoms with E-state index in [0.717, 1.165) is 27.3 Å². The fourth-order valence-electron chi connectivity index (χ4n) is 1.20. The molecule has 2 aromatic rings. The summed E-state index contributed by atoms with van der Waals surface area (Å²) in [4.78, 5) is 5.26. The van der Waals surface area contributed by atoms with Crippen LogP contribution in [-0.2, 0) is 6.54 Å². The number of thiophene rings is 1. The monoisotopic (exact) mass is 293 g/mol. The van der Waals surface area contributed by atoms with Crippen LogP contribution in [0.5, 0.6) is 0 Å². The SMILES string of the molecule is N#Cc1csc(CNc2ccc(Br)nc2)c1. The number of nitriles is 1. The molecule has 0 saturated carbocycles. The molecule has 0 unspecified atom stereocenters. The second-order valence-electron chi connectivity index (χ2n) is 3.14. The molecule has 16 heavy (non-hydrogen) atoms. The van der Waals surface area contributed by atoms with Crippen molar-refractivity contribution >= 4 is 33.0 Å². The summed E-state index contributed by atoms with van der Waals surface area (Å²) >= 11 is 4.86. The van der Waals surface area contributed by atoms with Gasteiger partial charge in [-0.25, -0.2) is 4.98 Å². The van der Waals surface area contributed by atoms with E-state index in [2.05, 4.69) is 32.3 Å². The third kappa shape index (κ3) is 2.81. The zero-order valence-corrected chi connectivity index (χ0v) is 10.7. The van der Waals surface area contributed by atoms with E-state index in [1.54, 1.807) is 17.5 Å². The van der Waals surface area contributed by atoms with Crippen molar-refractivity contribution < 1.29 is 0 Å². The standard InChI is InChI=1S/C11H8BrN3S/c12-11-2-1-9(5-15-11)14-6-10-3-8(4-13)7-16-10/h1-3,5,7,14H,6H2. The Balaban J connectivity index is 1.97. The van der Waals surface area contributed by atoms with Crippen LogP contribution in [0.4, 0.5) is 5.69 Å². The predicted octanol–water partition coefficient (Wildman–Crippen LogP) is 3.39. The van der Waals surface area contributed by atoms with Crippen LogP contribution in [0.3, 0.4) is 0 Å². The highest BCUT2D eigenvalue weighted by Crippen LogP contribution is 2.16. The summed E-state index contributed by atoms with van der Waals surface area (Å²) in [7, 11) is 0. The first kappa shape index (κ1) is 11.1. The zero-order chi connectivity index (χ0) is 11.4. The molecule has 0 aromatic carbocycles. The molecule has 0 atom stereocenters. The highest BCUT2D eigenvalue weighted by molar-refractivity contribution is 9.10. The number of hydrogen-bond acceptors (Lipinski definition) is 4. The molecule has 2 aromatic heterocycles. The van der Waals surface area contributed by atoms with Gasteiger partial charge in [0.25, 0.3) is 0 Å². The molecule has 0 bridgehead atoms. The van der Waals surface area contributed by atoms with Crippen molar-refractivity contribution in [3.63, 3.8) is 0 Å². The lowest BCUT2D eigenvalue weighted by molar-refractivity contribution is 1.16. The van der Waals surface area contributed by atoms with Gasteiger partial charge in [0, 0.05) is 16.8 Å². The number of anilines is 1. The number of nitrogens with one attached hydrogen (secondary N) is 1. The molecule has 0 amide bonds. The second-order valence-corrected chi connectivity index (χ2v) is 4.94. The molecule has 0 radical (unpaired) electrons. The third-order valence-electron chi connectivity index (χ3n) is 1.98. The van der Waals surface area contributed by atoms with Gasteiger partial charge in [0.2, 0.25) is 0 Å². The van der Waals surface area contributed by atoms with Crippen molar-refractivity contribution in [2.24, 2.45) is 0 Å². The molecule has 0 aliphatic rings. The molecule has 2 rings (SSSR count). The molecule has 0 aliphatic carbocycles. The maximum Gasteiger partial charge on any atom is 0.106 e. The van der Waals surface area contributed by atoms with Crippen LogP contribution in [0.15, 0.2) is 34.4 Å². The lowest BCUT2D eigenvalue weighted by Gasteiger charge is -2.03. The maximum atomic E-state index is 8.69. The van der Waals surface area contributed by atoms with Gasteiger partial charge in [0.05, 0.1) is 17.4 Å². The summed E-state index contributed by atoms with van der Waals surface area (Å²) in [6.45, 7) is 0.718. The van der Waals surface area contributed by atoms with Crippen LogP contribution in [0.2, 0.25) is 0 Å². The first-order valence-corrected chi connectivity index (χ1v) is 6.28. The predicted molar refractivity (Wildman–Crippen MR) is 68.3 cm³/mol. The highest BCUT2D eigenvalue weighted by atomic mass is 79.9. The van der Waals surface area contributed by atoms with Crippen molar-refractivity contribution in [1.29, 1.82) is 5.26 Å². The van der Waals surface area contributed by atoms with Crippen molar-refractivity contribution in [3.05, 3.63) is 44.8 Å². The Hall–Kier alpha value is -1.38. The minimum Gasteiger partial charge on any atom is -0.379 e. The van der Waals surface area contributed by atoms with Crippen LogP contribution in [0.25, 0.3) is 0 Å². The zero-order valence-electron chi connectivity index (χ0n) is 8.27. The van der Waals surface area contributed by atoms with E-state index in [4.69, 9.17) is 5.26 Å². The summed E-state index contributed by atoms with van der Waals surface area (Å²) in [6.07, 6.45) is 1.77. The van der Waals surface area contributed by atoms with E-state index in [-0.39, 0.29) is 0 Å². The van der Waals surface area contributed by atoms with Crippen molar-refractivity contribution in [1.82, 2.24) is 4.98 Å². The Labute approximate surface area is 106 Å². The van der Waals surface area contributed by atoms with Crippen LogP contribution in [0, 0.1) is 11.3 Å². The molecular weight excluding hydrogens is 286 g/mol. The minimum absolute atomic E-state index is 0.718. The number of rotatable bonds is 3. The Morgan fingerprint density at radius 1 is 1.50 bits per heavy atom. The average Bonchev–Trinajstić information content (AvgIpc) is 2.76. The molecule has 80 valence electrons. The maximum absolute atomic E-state index is 8.69. The lowest BCUT2D eigenvalue weighted by Crippen LogP contribution is -1.97. The van der Waals surface area contributed by atoms with Crippen LogP contribution < -0.4 is 5.32 Å². The van der Waals surface area contributed by atoms with Gasteiger partial charge in [-0.1, -0.05) is 0 Å². The largest absolute Gasteiger partial charge is 0.379 e. The summed E-state index contributed by atoms with van der Waals surface area (Å²) < 4.78 is 0.820. The molecule has 0 fully saturated rings. The molecule has 0 aliphatic heterocycles. The quantitative estimate of drug-likeness (QED) is 0.883. The van der Waals surface area contributed by atoms with Gasteiger partial charge in [-0.2, -0.15) is 5.26 Å². The van der Waals surface area contributed by atoms with Gasteiger partial charge < -0.3 is 5.32 Å². The van der Waals surface area contributed by atoms with Crippen LogP contribution >= 0.6 is 27.3 Å². The molecule has 1 N–H and O–H groups in total. The first-order chi connectivity index (χ1) is 7.78. The van der Waals surface area contributed by atoms with Crippen molar-refractivity contribution in [3.8, 4) is 6.07 Å². The molecule has 0 spiro atoms. The smallest absolute Gasteiger partial charge is 0.106 e. The normalized spacial score (nSPS) is 9.75. The van der Waals surface area contributed by atoms with Crippen molar-refractivity contribution in [2.75, 3.05) is 5.32 Å². The number of aromatic nitrogens is 1. The fraction of sp³-hybridized carbons (Fsp3) is 0.0909. The van der Waals surface area contributed by atoms with E-state index in [1.165, 1.54) is 0 Å². The lowest BCUT2D eigenvalue weighted by atomic mass is 10.3. The van der Waals surface area contributed by atoms with E-state index in [0.29, 0.717) is 0 Å². The van der Waals surface area contributed by atoms with Crippen LogP contribution in [0.1, 0.15) is 10.4 Å². The third-order valence-corrected chi connectivity index (χ3v) is 3.38. The van der Waals surface area contributed by atoms with Crippen LogP contribution in [-0.4, -0.2) is 4.98 Å². The Kier molecular flexibility index (Phi) is 3.54. The van der Waals surface area contributed by atoms with E-state index < -0.39 is 0 Å². The average molecular weight is 294 g/mol. The van der Waals surface area contributed by atoms with Gasteiger partial charge in [0.15, 0.2) is 0 Å². The van der Waals surface area contributed by atoms with Gasteiger partial charge >= 0.3 is 0 Å². The summed E-state index contributed by atoms with van der Waals surface area (Å²) in [5.74, 6) is 0. The topological polar surface area (TPSA) is 48.7 Å². The van der Waals surface area contributed by atoms with Gasteiger partial charge in [-0.3, -0.25) is 0 Å². The summed E-state index contributed by atoms with van der Waals surface area (Å²) in [5.41, 5.74) is 1.69. The summed E-state index contributed by atoms with van der Waals surface area (Å²) in [5, 5.41) is 13.8. The number of pyridine rings is 1. The van der Waals surface area contributed by atoms with E-state index >= 15 is 0 Å². The summed E-state index contributed by atoms with van der Waals surface area (Å²) in [6, 6.07) is 7.85. The van der Waals surface area contributed by atoms with Crippen molar-refractivity contribution in [2.45, 2.75) is 6.54 Å². The number of hydrogen-bond donors (Lipinski definition) is 1. The van der Waals surface area contributed by atoms with E-state index in [9.17, 15) is 0 Å². The highest BCUT2D eigenvalue weighted by Gasteiger charge is 1.99. The first-order valence-electron chi connectivity index (χ1n) is 4.61. The molecule has 0 saturated heterocycles. The van der Waals surface area contributed by atoms with Gasteiger partial charge in [-0.05, 0) is 34.1 Å². The Bertz CT molecular complexity index is 513. The van der Waals surface area contributed by atoms with Gasteiger partial charge in [0.1, 0.15) is 10.7 Å². The number of nitrogens with zero attached hydrogens (tertiary/aromatic N) is 2. The molecule has 5 heteroatoms. The second kappa shape index (κ2) is 5.10. The fourth-order valence-corrected chi connectivity index (χ4v) is 2.19. The van der Waals surface area contributed by atoms with E-state index in [1.807, 2.05) is 23.6 Å². The Morgan fingerprint density at radius 3 is 3.00 bits per heavy atom. The molecule has 3 nitrogen and oxygen atoms in total. The molecule has 2 heterocycles. The van der Waals surface area contributed by atoms with Gasteiger partial charge in [-0.15, -0.1) is 11.3 Å². The number of halogens is 1. The molecular formula is C11H8BrN3S.